The SMILES string of the molecule is COc1cc([C@@H](O[Si](C)(C)C(C)(C)C)[C@@H](C)CO)ccc1OCc1ccccc1. The van der Waals surface area contributed by atoms with Crippen molar-refractivity contribution in [1.82, 2.24) is 0 Å². The molecule has 0 radical (unpaired) electrons. The van der Waals surface area contributed by atoms with Gasteiger partial charge in [-0.2, -0.15) is 0 Å². The van der Waals surface area contributed by atoms with Crippen molar-refractivity contribution in [2.24, 2.45) is 5.92 Å². The van der Waals surface area contributed by atoms with Crippen LogP contribution in [-0.2, 0) is 11.0 Å². The third-order valence-electron chi connectivity index (χ3n) is 5.79. The van der Waals surface area contributed by atoms with Gasteiger partial charge >= 0.3 is 0 Å². The molecule has 0 saturated heterocycles. The van der Waals surface area contributed by atoms with Crippen LogP contribution in [0, 0.1) is 5.92 Å². The first kappa shape index (κ1) is 23.5. The molecule has 2 rings (SSSR count). The van der Waals surface area contributed by atoms with Crippen LogP contribution in [0.5, 0.6) is 11.5 Å². The molecule has 0 aromatic heterocycles. The van der Waals surface area contributed by atoms with Crippen molar-refractivity contribution in [3.8, 4) is 11.5 Å². The Labute approximate surface area is 177 Å². The Hall–Kier alpha value is -1.82. The van der Waals surface area contributed by atoms with Crippen LogP contribution in [0.15, 0.2) is 48.5 Å². The molecule has 4 nitrogen and oxygen atoms in total. The quantitative estimate of drug-likeness (QED) is 0.512. The van der Waals surface area contributed by atoms with Gasteiger partial charge in [0.15, 0.2) is 19.8 Å². The van der Waals surface area contributed by atoms with Gasteiger partial charge in [0.1, 0.15) is 6.61 Å². The molecule has 2 aromatic carbocycles. The Kier molecular flexibility index (Phi) is 7.92. The lowest BCUT2D eigenvalue weighted by Gasteiger charge is -2.41. The zero-order valence-corrected chi connectivity index (χ0v) is 19.9. The van der Waals surface area contributed by atoms with Gasteiger partial charge in [-0.3, -0.25) is 0 Å². The van der Waals surface area contributed by atoms with Gasteiger partial charge in [-0.25, -0.2) is 0 Å². The Balaban J connectivity index is 2.27. The molecule has 5 heteroatoms. The highest BCUT2D eigenvalue weighted by atomic mass is 28.4. The van der Waals surface area contributed by atoms with Gasteiger partial charge in [0.05, 0.1) is 13.2 Å². The van der Waals surface area contributed by atoms with E-state index in [-0.39, 0.29) is 23.7 Å². The predicted octanol–water partition coefficient (Wildman–Crippen LogP) is 5.97. The summed E-state index contributed by atoms with van der Waals surface area (Å²) < 4.78 is 18.3. The molecular weight excluding hydrogens is 380 g/mol. The molecule has 0 heterocycles. The minimum Gasteiger partial charge on any atom is -0.493 e. The van der Waals surface area contributed by atoms with Gasteiger partial charge in [0.25, 0.3) is 0 Å². The molecule has 0 unspecified atom stereocenters. The highest BCUT2D eigenvalue weighted by Crippen LogP contribution is 2.42. The minimum absolute atomic E-state index is 0.0232. The molecule has 160 valence electrons. The Morgan fingerprint density at radius 1 is 1.00 bits per heavy atom. The number of hydrogen-bond donors (Lipinski definition) is 1. The molecule has 1 N–H and O–H groups in total. The Morgan fingerprint density at radius 2 is 1.66 bits per heavy atom. The third-order valence-corrected chi connectivity index (χ3v) is 10.2. The summed E-state index contributed by atoms with van der Waals surface area (Å²) in [6.45, 7) is 13.7. The monoisotopic (exact) mass is 416 g/mol. The first-order valence-electron chi connectivity index (χ1n) is 10.2. The summed E-state index contributed by atoms with van der Waals surface area (Å²) in [7, 11) is -0.367. The third kappa shape index (κ3) is 6.08. The van der Waals surface area contributed by atoms with Gasteiger partial charge in [0.2, 0.25) is 0 Å². The number of rotatable bonds is 9. The van der Waals surface area contributed by atoms with Crippen LogP contribution in [-0.4, -0.2) is 27.1 Å². The number of aliphatic hydroxyl groups excluding tert-OH is 1. The molecule has 0 aliphatic carbocycles. The van der Waals surface area contributed by atoms with E-state index in [1.165, 1.54) is 0 Å². The summed E-state index contributed by atoms with van der Waals surface area (Å²) in [5.41, 5.74) is 2.10. The van der Waals surface area contributed by atoms with Crippen molar-refractivity contribution in [2.45, 2.75) is 58.5 Å². The maximum absolute atomic E-state index is 9.84. The summed E-state index contributed by atoms with van der Waals surface area (Å²) in [6, 6.07) is 16.0. The van der Waals surface area contributed by atoms with E-state index < -0.39 is 8.32 Å². The summed E-state index contributed by atoms with van der Waals surface area (Å²) in [6.07, 6.45) is -0.196. The molecule has 0 aliphatic heterocycles. The van der Waals surface area contributed by atoms with E-state index in [0.29, 0.717) is 18.1 Å². The van der Waals surface area contributed by atoms with Crippen LogP contribution in [0.25, 0.3) is 0 Å². The molecule has 2 aromatic rings. The van der Waals surface area contributed by atoms with E-state index in [1.54, 1.807) is 7.11 Å². The lowest BCUT2D eigenvalue weighted by atomic mass is 9.98. The lowest BCUT2D eigenvalue weighted by molar-refractivity contribution is 0.0847. The van der Waals surface area contributed by atoms with E-state index in [1.807, 2.05) is 55.5 Å². The van der Waals surface area contributed by atoms with E-state index in [4.69, 9.17) is 13.9 Å². The summed E-state index contributed by atoms with van der Waals surface area (Å²) >= 11 is 0. The second-order valence-corrected chi connectivity index (χ2v) is 13.9. The molecular formula is C24H36O4Si. The standard InChI is InChI=1S/C24H36O4Si/c1-18(16-25)23(28-29(6,7)24(2,3)4)20-13-14-21(22(15-20)26-5)27-17-19-11-9-8-10-12-19/h8-15,18,23,25H,16-17H2,1-7H3/t18-,23-/m0/s1. The molecule has 29 heavy (non-hydrogen) atoms. The van der Waals surface area contributed by atoms with Crippen molar-refractivity contribution >= 4 is 8.32 Å². The zero-order chi connectivity index (χ0) is 21.7. The normalized spacial score (nSPS) is 14.3. The molecule has 0 saturated carbocycles. The maximum atomic E-state index is 9.84. The average Bonchev–Trinajstić information content (AvgIpc) is 2.69. The van der Waals surface area contributed by atoms with Gasteiger partial charge in [0, 0.05) is 12.5 Å². The second kappa shape index (κ2) is 9.79. The van der Waals surface area contributed by atoms with Crippen molar-refractivity contribution in [2.75, 3.05) is 13.7 Å². The molecule has 0 spiro atoms. The van der Waals surface area contributed by atoms with Crippen LogP contribution < -0.4 is 9.47 Å². The number of methoxy groups -OCH3 is 1. The molecule has 0 bridgehead atoms. The summed E-state index contributed by atoms with van der Waals surface area (Å²) in [5, 5.41) is 9.92. The largest absolute Gasteiger partial charge is 0.493 e. The number of benzene rings is 2. The fraction of sp³-hybridized carbons (Fsp3) is 0.500. The fourth-order valence-electron chi connectivity index (χ4n) is 2.82. The number of ether oxygens (including phenoxy) is 2. The van der Waals surface area contributed by atoms with Gasteiger partial charge in [-0.1, -0.05) is 64.1 Å². The van der Waals surface area contributed by atoms with Gasteiger partial charge in [-0.05, 0) is 41.4 Å². The van der Waals surface area contributed by atoms with E-state index >= 15 is 0 Å². The Morgan fingerprint density at radius 3 is 2.21 bits per heavy atom. The molecule has 0 aliphatic rings. The maximum Gasteiger partial charge on any atom is 0.192 e. The number of hydrogen-bond acceptors (Lipinski definition) is 4. The van der Waals surface area contributed by atoms with E-state index in [9.17, 15) is 5.11 Å². The van der Waals surface area contributed by atoms with Crippen LogP contribution in [0.1, 0.15) is 44.9 Å². The predicted molar refractivity (Wildman–Crippen MR) is 121 cm³/mol. The van der Waals surface area contributed by atoms with Crippen molar-refractivity contribution in [1.29, 1.82) is 0 Å². The zero-order valence-electron chi connectivity index (χ0n) is 18.9. The molecule has 0 fully saturated rings. The minimum atomic E-state index is -2.01. The van der Waals surface area contributed by atoms with Crippen LogP contribution >= 0.6 is 0 Å². The van der Waals surface area contributed by atoms with E-state index in [2.05, 4.69) is 33.9 Å². The Bertz CT molecular complexity index is 768. The lowest BCUT2D eigenvalue weighted by Crippen LogP contribution is -2.43. The first-order valence-corrected chi connectivity index (χ1v) is 13.1. The van der Waals surface area contributed by atoms with Crippen LogP contribution in [0.2, 0.25) is 18.1 Å². The first-order chi connectivity index (χ1) is 13.6. The molecule has 2 atom stereocenters. The van der Waals surface area contributed by atoms with Crippen molar-refractivity contribution in [3.05, 3.63) is 59.7 Å². The topological polar surface area (TPSA) is 47.9 Å². The average molecular weight is 417 g/mol. The second-order valence-electron chi connectivity index (χ2n) is 9.14. The van der Waals surface area contributed by atoms with Gasteiger partial charge < -0.3 is 19.0 Å². The molecule has 0 amide bonds. The number of aliphatic hydroxyl groups is 1. The summed E-state index contributed by atoms with van der Waals surface area (Å²) in [5.74, 6) is 1.35. The highest BCUT2D eigenvalue weighted by Gasteiger charge is 2.40. The van der Waals surface area contributed by atoms with E-state index in [0.717, 1.165) is 11.1 Å². The highest BCUT2D eigenvalue weighted by molar-refractivity contribution is 6.74. The fourth-order valence-corrected chi connectivity index (χ4v) is 4.18. The smallest absolute Gasteiger partial charge is 0.192 e. The van der Waals surface area contributed by atoms with Crippen molar-refractivity contribution in [3.63, 3.8) is 0 Å². The van der Waals surface area contributed by atoms with Crippen molar-refractivity contribution < 1.29 is 19.0 Å². The summed E-state index contributed by atoms with van der Waals surface area (Å²) in [4.78, 5) is 0. The van der Waals surface area contributed by atoms with Gasteiger partial charge in [-0.15, -0.1) is 0 Å². The van der Waals surface area contributed by atoms with Crippen LogP contribution in [0.4, 0.5) is 0 Å². The van der Waals surface area contributed by atoms with Crippen LogP contribution in [0.3, 0.4) is 0 Å².